The van der Waals surface area contributed by atoms with Crippen molar-refractivity contribution in [3.8, 4) is 11.5 Å². The van der Waals surface area contributed by atoms with Crippen LogP contribution in [0.1, 0.15) is 5.56 Å². The van der Waals surface area contributed by atoms with Gasteiger partial charge in [-0.2, -0.15) is 8.61 Å². The second kappa shape index (κ2) is 7.60. The van der Waals surface area contributed by atoms with Crippen LogP contribution in [0.5, 0.6) is 11.5 Å². The molecule has 0 amide bonds. The molecule has 2 aromatic carbocycles. The van der Waals surface area contributed by atoms with Crippen LogP contribution in [-0.2, 0) is 20.0 Å². The number of hydrogen-bond donors (Lipinski definition) is 0. The van der Waals surface area contributed by atoms with Crippen molar-refractivity contribution in [2.45, 2.75) is 16.7 Å². The monoisotopic (exact) mass is 438 g/mol. The summed E-state index contributed by atoms with van der Waals surface area (Å²) in [6.45, 7) is 2.99. The Hall–Kier alpha value is -2.14. The first-order valence-corrected chi connectivity index (χ1v) is 12.1. The molecule has 2 aromatic rings. The van der Waals surface area contributed by atoms with Gasteiger partial charge in [0.2, 0.25) is 20.0 Å². The van der Waals surface area contributed by atoms with Gasteiger partial charge in [0.1, 0.15) is 13.2 Å². The standard InChI is InChI=1S/C19H22N2O6S2/c1-15-3-2-4-16(13-15)28(22,23)20-7-9-21(10-8-20)29(24,25)17-5-6-18-19(14-17)27-12-11-26-18/h2-6,13-14H,7-12H2,1H3. The first kappa shape index (κ1) is 20.1. The Balaban J connectivity index is 1.50. The molecule has 156 valence electrons. The zero-order valence-electron chi connectivity index (χ0n) is 15.9. The van der Waals surface area contributed by atoms with Gasteiger partial charge in [0, 0.05) is 32.2 Å². The lowest BCUT2D eigenvalue weighted by Gasteiger charge is -2.33. The minimum Gasteiger partial charge on any atom is -0.486 e. The van der Waals surface area contributed by atoms with Crippen LogP contribution in [0.2, 0.25) is 0 Å². The molecular formula is C19H22N2O6S2. The molecule has 4 rings (SSSR count). The van der Waals surface area contributed by atoms with Gasteiger partial charge in [-0.05, 0) is 36.8 Å². The fourth-order valence-corrected chi connectivity index (χ4v) is 6.37. The van der Waals surface area contributed by atoms with Gasteiger partial charge in [-0.15, -0.1) is 0 Å². The maximum absolute atomic E-state index is 13.0. The third-order valence-electron chi connectivity index (χ3n) is 4.98. The van der Waals surface area contributed by atoms with Gasteiger partial charge in [0.15, 0.2) is 11.5 Å². The normalized spacial score (nSPS) is 18.5. The van der Waals surface area contributed by atoms with Crippen LogP contribution in [0.15, 0.2) is 52.3 Å². The highest BCUT2D eigenvalue weighted by Gasteiger charge is 2.34. The number of rotatable bonds is 4. The lowest BCUT2D eigenvalue weighted by atomic mass is 10.2. The number of ether oxygens (including phenoxy) is 2. The molecule has 0 atom stereocenters. The topological polar surface area (TPSA) is 93.2 Å². The molecule has 0 radical (unpaired) electrons. The van der Waals surface area contributed by atoms with Crippen molar-refractivity contribution in [2.75, 3.05) is 39.4 Å². The number of nitrogens with zero attached hydrogens (tertiary/aromatic N) is 2. The van der Waals surface area contributed by atoms with Crippen LogP contribution in [-0.4, -0.2) is 64.8 Å². The van der Waals surface area contributed by atoms with Gasteiger partial charge in [-0.3, -0.25) is 0 Å². The smallest absolute Gasteiger partial charge is 0.243 e. The predicted molar refractivity (Wildman–Crippen MR) is 106 cm³/mol. The van der Waals surface area contributed by atoms with E-state index < -0.39 is 20.0 Å². The molecule has 29 heavy (non-hydrogen) atoms. The number of piperazine rings is 1. The van der Waals surface area contributed by atoms with Gasteiger partial charge >= 0.3 is 0 Å². The summed E-state index contributed by atoms with van der Waals surface area (Å²) in [5.74, 6) is 0.919. The minimum atomic E-state index is -3.76. The van der Waals surface area contributed by atoms with Gasteiger partial charge < -0.3 is 9.47 Å². The molecule has 2 aliphatic rings. The Kier molecular flexibility index (Phi) is 5.28. The fraction of sp³-hybridized carbons (Fsp3) is 0.368. The van der Waals surface area contributed by atoms with Crippen LogP contribution in [0.4, 0.5) is 0 Å². The molecule has 0 bridgehead atoms. The molecule has 2 heterocycles. The van der Waals surface area contributed by atoms with E-state index in [2.05, 4.69) is 0 Å². The summed E-state index contributed by atoms with van der Waals surface area (Å²) in [7, 11) is -7.41. The second-order valence-electron chi connectivity index (χ2n) is 6.93. The highest BCUT2D eigenvalue weighted by Crippen LogP contribution is 2.33. The molecule has 1 fully saturated rings. The van der Waals surface area contributed by atoms with Crippen molar-refractivity contribution < 1.29 is 26.3 Å². The average Bonchev–Trinajstić information content (AvgIpc) is 2.73. The van der Waals surface area contributed by atoms with E-state index in [1.54, 1.807) is 24.3 Å². The van der Waals surface area contributed by atoms with Crippen molar-refractivity contribution in [1.29, 1.82) is 0 Å². The molecule has 0 N–H and O–H groups in total. The first-order valence-electron chi connectivity index (χ1n) is 9.25. The molecule has 0 saturated carbocycles. The Morgan fingerprint density at radius 2 is 1.28 bits per heavy atom. The number of sulfonamides is 2. The van der Waals surface area contributed by atoms with Crippen molar-refractivity contribution in [2.24, 2.45) is 0 Å². The molecular weight excluding hydrogens is 416 g/mol. The molecule has 0 aromatic heterocycles. The number of hydrogen-bond acceptors (Lipinski definition) is 6. The van der Waals surface area contributed by atoms with Gasteiger partial charge in [0.25, 0.3) is 0 Å². The molecule has 8 nitrogen and oxygen atoms in total. The van der Waals surface area contributed by atoms with Gasteiger partial charge in [-0.25, -0.2) is 16.8 Å². The summed E-state index contributed by atoms with van der Waals surface area (Å²) in [6.07, 6.45) is 0. The van der Waals surface area contributed by atoms with Crippen LogP contribution in [0.25, 0.3) is 0 Å². The zero-order chi connectivity index (χ0) is 20.6. The Bertz CT molecular complexity index is 1120. The van der Waals surface area contributed by atoms with E-state index >= 15 is 0 Å². The third-order valence-corrected chi connectivity index (χ3v) is 8.77. The average molecular weight is 439 g/mol. The highest BCUT2D eigenvalue weighted by atomic mass is 32.2. The maximum atomic E-state index is 13.0. The van der Waals surface area contributed by atoms with E-state index in [1.807, 2.05) is 13.0 Å². The summed E-state index contributed by atoms with van der Waals surface area (Å²) in [5.41, 5.74) is 0.853. The van der Waals surface area contributed by atoms with Crippen molar-refractivity contribution in [3.05, 3.63) is 48.0 Å². The van der Waals surface area contributed by atoms with Gasteiger partial charge in [0.05, 0.1) is 9.79 Å². The lowest BCUT2D eigenvalue weighted by Crippen LogP contribution is -2.50. The van der Waals surface area contributed by atoms with E-state index in [0.29, 0.717) is 24.7 Å². The van der Waals surface area contributed by atoms with E-state index in [4.69, 9.17) is 9.47 Å². The van der Waals surface area contributed by atoms with Crippen molar-refractivity contribution in [1.82, 2.24) is 8.61 Å². The van der Waals surface area contributed by atoms with Crippen LogP contribution < -0.4 is 9.47 Å². The quantitative estimate of drug-likeness (QED) is 0.718. The molecule has 1 saturated heterocycles. The van der Waals surface area contributed by atoms with E-state index in [0.717, 1.165) is 5.56 Å². The SMILES string of the molecule is Cc1cccc(S(=O)(=O)N2CCN(S(=O)(=O)c3ccc4c(c3)OCCO4)CC2)c1. The summed E-state index contributed by atoms with van der Waals surface area (Å²) >= 11 is 0. The van der Waals surface area contributed by atoms with E-state index in [-0.39, 0.29) is 36.0 Å². The molecule has 0 unspecified atom stereocenters. The van der Waals surface area contributed by atoms with E-state index in [9.17, 15) is 16.8 Å². The largest absolute Gasteiger partial charge is 0.486 e. The first-order chi connectivity index (χ1) is 13.8. The van der Waals surface area contributed by atoms with Gasteiger partial charge in [-0.1, -0.05) is 12.1 Å². The number of benzene rings is 2. The summed E-state index contributed by atoms with van der Waals surface area (Å²) in [6, 6.07) is 11.2. The number of aryl methyl sites for hydroxylation is 1. The van der Waals surface area contributed by atoms with Crippen LogP contribution in [0, 0.1) is 6.92 Å². The Labute approximate surface area is 170 Å². The molecule has 0 aliphatic carbocycles. The maximum Gasteiger partial charge on any atom is 0.243 e. The van der Waals surface area contributed by atoms with Crippen molar-refractivity contribution in [3.63, 3.8) is 0 Å². The summed E-state index contributed by atoms with van der Waals surface area (Å²) in [4.78, 5) is 0.331. The predicted octanol–water partition coefficient (Wildman–Crippen LogP) is 1.46. The number of fused-ring (bicyclic) bond motifs is 1. The van der Waals surface area contributed by atoms with Crippen LogP contribution in [0.3, 0.4) is 0 Å². The molecule has 10 heteroatoms. The summed E-state index contributed by atoms with van der Waals surface area (Å²) in [5, 5.41) is 0. The minimum absolute atomic E-state index is 0.0851. The third kappa shape index (κ3) is 3.85. The Morgan fingerprint density at radius 1 is 0.724 bits per heavy atom. The lowest BCUT2D eigenvalue weighted by molar-refractivity contribution is 0.171. The molecule has 2 aliphatic heterocycles. The van der Waals surface area contributed by atoms with Crippen molar-refractivity contribution >= 4 is 20.0 Å². The van der Waals surface area contributed by atoms with E-state index in [1.165, 1.54) is 20.7 Å². The summed E-state index contributed by atoms with van der Waals surface area (Å²) < 4.78 is 65.3. The Morgan fingerprint density at radius 3 is 1.86 bits per heavy atom. The highest BCUT2D eigenvalue weighted by molar-refractivity contribution is 7.89. The van der Waals surface area contributed by atoms with Crippen LogP contribution >= 0.6 is 0 Å². The zero-order valence-corrected chi connectivity index (χ0v) is 17.6. The second-order valence-corrected chi connectivity index (χ2v) is 10.8. The fourth-order valence-electron chi connectivity index (χ4n) is 3.41. The molecule has 0 spiro atoms.